The van der Waals surface area contributed by atoms with Crippen LogP contribution in [0.25, 0.3) is 0 Å². The third-order valence-corrected chi connectivity index (χ3v) is 2.94. The molecule has 0 aliphatic heterocycles. The summed E-state index contributed by atoms with van der Waals surface area (Å²) in [7, 11) is 1.72. The fourth-order valence-corrected chi connectivity index (χ4v) is 2.02. The van der Waals surface area contributed by atoms with Crippen molar-refractivity contribution in [2.45, 2.75) is 32.6 Å². The fraction of sp³-hybridized carbons (Fsp3) is 0.909. The molecular weight excluding hydrogens is 212 g/mol. The van der Waals surface area contributed by atoms with Crippen molar-refractivity contribution < 1.29 is 14.3 Å². The molecule has 0 atom stereocenters. The number of hydrogen-bond acceptors (Lipinski definition) is 4. The number of esters is 1. The maximum absolute atomic E-state index is 11.0. The smallest absolute Gasteiger partial charge is 0.305 e. The van der Waals surface area contributed by atoms with E-state index in [2.05, 4.69) is 0 Å². The van der Waals surface area contributed by atoms with Gasteiger partial charge in [-0.05, 0) is 25.5 Å². The highest BCUT2D eigenvalue weighted by Crippen LogP contribution is 2.07. The zero-order valence-electron chi connectivity index (χ0n) is 9.79. The van der Waals surface area contributed by atoms with Gasteiger partial charge in [-0.1, -0.05) is 6.42 Å². The Morgan fingerprint density at radius 1 is 1.20 bits per heavy atom. The number of carbonyl (C=O) groups is 1. The van der Waals surface area contributed by atoms with Crippen molar-refractivity contribution in [3.63, 3.8) is 0 Å². The van der Waals surface area contributed by atoms with E-state index in [-0.39, 0.29) is 5.97 Å². The first kappa shape index (κ1) is 14.8. The number of hydrogen-bond donors (Lipinski definition) is 0. The minimum Gasteiger partial charge on any atom is -0.466 e. The average molecular weight is 234 g/mol. The number of thioether (sulfide) groups is 1. The minimum absolute atomic E-state index is 0.0652. The summed E-state index contributed by atoms with van der Waals surface area (Å²) >= 11 is 1.91. The van der Waals surface area contributed by atoms with Crippen LogP contribution in [0, 0.1) is 0 Å². The molecule has 0 heterocycles. The van der Waals surface area contributed by atoms with Crippen molar-refractivity contribution in [2.24, 2.45) is 0 Å². The van der Waals surface area contributed by atoms with Gasteiger partial charge in [0.05, 0.1) is 13.2 Å². The third kappa shape index (κ3) is 11.7. The standard InChI is InChI=1S/C11H22O3S/c1-3-14-11(12)7-5-4-6-9-15-10-8-13-2/h3-10H2,1-2H3. The molecule has 0 saturated heterocycles. The van der Waals surface area contributed by atoms with Crippen LogP contribution in [0.3, 0.4) is 0 Å². The van der Waals surface area contributed by atoms with Crippen LogP contribution in [0.5, 0.6) is 0 Å². The molecule has 0 aliphatic carbocycles. The van der Waals surface area contributed by atoms with Crippen LogP contribution in [0.15, 0.2) is 0 Å². The monoisotopic (exact) mass is 234 g/mol. The fourth-order valence-electron chi connectivity index (χ4n) is 1.13. The Balaban J connectivity index is 3.01. The lowest BCUT2D eigenvalue weighted by Crippen LogP contribution is -2.03. The number of ether oxygens (including phenoxy) is 2. The molecule has 0 saturated carbocycles. The Morgan fingerprint density at radius 3 is 2.67 bits per heavy atom. The Bertz CT molecular complexity index is 151. The summed E-state index contributed by atoms with van der Waals surface area (Å²) in [5, 5.41) is 0. The van der Waals surface area contributed by atoms with Crippen molar-refractivity contribution in [1.82, 2.24) is 0 Å². The summed E-state index contributed by atoms with van der Waals surface area (Å²) in [6.07, 6.45) is 3.80. The van der Waals surface area contributed by atoms with Gasteiger partial charge in [-0.15, -0.1) is 0 Å². The molecule has 15 heavy (non-hydrogen) atoms. The zero-order chi connectivity index (χ0) is 11.4. The molecule has 0 aromatic rings. The Morgan fingerprint density at radius 2 is 2.00 bits per heavy atom. The summed E-state index contributed by atoms with van der Waals surface area (Å²) < 4.78 is 9.79. The number of unbranched alkanes of at least 4 members (excludes halogenated alkanes) is 2. The molecule has 0 aromatic carbocycles. The molecule has 0 rings (SSSR count). The van der Waals surface area contributed by atoms with Gasteiger partial charge in [0.1, 0.15) is 0 Å². The van der Waals surface area contributed by atoms with E-state index in [9.17, 15) is 4.79 Å². The second-order valence-electron chi connectivity index (χ2n) is 3.22. The summed E-state index contributed by atoms with van der Waals surface area (Å²) in [5.74, 6) is 2.16. The van der Waals surface area contributed by atoms with Gasteiger partial charge in [0.15, 0.2) is 0 Å². The molecule has 0 unspecified atom stereocenters. The van der Waals surface area contributed by atoms with Gasteiger partial charge >= 0.3 is 5.97 Å². The minimum atomic E-state index is -0.0652. The van der Waals surface area contributed by atoms with Gasteiger partial charge in [-0.3, -0.25) is 4.79 Å². The maximum Gasteiger partial charge on any atom is 0.305 e. The summed E-state index contributed by atoms with van der Waals surface area (Å²) in [5.41, 5.74) is 0. The van der Waals surface area contributed by atoms with Crippen LogP contribution in [0.2, 0.25) is 0 Å². The van der Waals surface area contributed by atoms with Crippen LogP contribution in [-0.4, -0.2) is 37.8 Å². The molecule has 90 valence electrons. The first-order valence-electron chi connectivity index (χ1n) is 5.53. The largest absolute Gasteiger partial charge is 0.466 e. The van der Waals surface area contributed by atoms with Crippen molar-refractivity contribution in [1.29, 1.82) is 0 Å². The van der Waals surface area contributed by atoms with Crippen LogP contribution in [0.1, 0.15) is 32.6 Å². The van der Waals surface area contributed by atoms with Gasteiger partial charge in [-0.25, -0.2) is 0 Å². The number of carbonyl (C=O) groups excluding carboxylic acids is 1. The van der Waals surface area contributed by atoms with Gasteiger partial charge < -0.3 is 9.47 Å². The topological polar surface area (TPSA) is 35.5 Å². The van der Waals surface area contributed by atoms with Crippen molar-refractivity contribution in [3.05, 3.63) is 0 Å². The van der Waals surface area contributed by atoms with Gasteiger partial charge in [0.25, 0.3) is 0 Å². The summed E-state index contributed by atoms with van der Waals surface area (Å²) in [6.45, 7) is 3.16. The average Bonchev–Trinajstić information content (AvgIpc) is 2.22. The van der Waals surface area contributed by atoms with E-state index in [0.29, 0.717) is 13.0 Å². The second-order valence-corrected chi connectivity index (χ2v) is 4.45. The predicted octanol–water partition coefficient (Wildman–Crippen LogP) is 2.49. The quantitative estimate of drug-likeness (QED) is 0.430. The van der Waals surface area contributed by atoms with E-state index in [1.807, 2.05) is 18.7 Å². The highest BCUT2D eigenvalue weighted by molar-refractivity contribution is 7.99. The van der Waals surface area contributed by atoms with Crippen LogP contribution in [0.4, 0.5) is 0 Å². The predicted molar refractivity (Wildman–Crippen MR) is 64.3 cm³/mol. The lowest BCUT2D eigenvalue weighted by molar-refractivity contribution is -0.143. The van der Waals surface area contributed by atoms with Crippen LogP contribution in [-0.2, 0) is 14.3 Å². The van der Waals surface area contributed by atoms with E-state index < -0.39 is 0 Å². The molecule has 0 N–H and O–H groups in total. The highest BCUT2D eigenvalue weighted by Gasteiger charge is 2.00. The Kier molecular flexibility index (Phi) is 11.7. The van der Waals surface area contributed by atoms with Gasteiger partial charge in [0, 0.05) is 19.3 Å². The first-order chi connectivity index (χ1) is 7.31. The second kappa shape index (κ2) is 11.9. The molecule has 0 aromatic heterocycles. The van der Waals surface area contributed by atoms with Crippen LogP contribution >= 0.6 is 11.8 Å². The normalized spacial score (nSPS) is 10.3. The zero-order valence-corrected chi connectivity index (χ0v) is 10.6. The summed E-state index contributed by atoms with van der Waals surface area (Å²) in [4.78, 5) is 11.0. The van der Waals surface area contributed by atoms with Gasteiger partial charge in [0.2, 0.25) is 0 Å². The Labute approximate surface area is 96.9 Å². The number of methoxy groups -OCH3 is 1. The van der Waals surface area contributed by atoms with E-state index in [4.69, 9.17) is 9.47 Å². The van der Waals surface area contributed by atoms with E-state index in [1.165, 1.54) is 6.42 Å². The van der Waals surface area contributed by atoms with Crippen molar-refractivity contribution >= 4 is 17.7 Å². The lowest BCUT2D eigenvalue weighted by atomic mass is 10.2. The van der Waals surface area contributed by atoms with Crippen LogP contribution < -0.4 is 0 Å². The molecule has 0 fully saturated rings. The van der Waals surface area contributed by atoms with Gasteiger partial charge in [-0.2, -0.15) is 11.8 Å². The summed E-state index contributed by atoms with van der Waals surface area (Å²) in [6, 6.07) is 0. The molecular formula is C11H22O3S. The molecule has 0 bridgehead atoms. The number of rotatable bonds is 10. The van der Waals surface area contributed by atoms with E-state index in [1.54, 1.807) is 7.11 Å². The molecule has 0 aliphatic rings. The molecule has 0 amide bonds. The molecule has 3 nitrogen and oxygen atoms in total. The molecule has 4 heteroatoms. The Hall–Kier alpha value is -0.220. The van der Waals surface area contributed by atoms with E-state index in [0.717, 1.165) is 31.0 Å². The maximum atomic E-state index is 11.0. The molecule has 0 spiro atoms. The lowest BCUT2D eigenvalue weighted by Gasteiger charge is -2.02. The van der Waals surface area contributed by atoms with E-state index >= 15 is 0 Å². The highest BCUT2D eigenvalue weighted by atomic mass is 32.2. The third-order valence-electron chi connectivity index (χ3n) is 1.91. The van der Waals surface area contributed by atoms with Crippen molar-refractivity contribution in [3.8, 4) is 0 Å². The molecule has 0 radical (unpaired) electrons. The SMILES string of the molecule is CCOC(=O)CCCCCSCCOC. The van der Waals surface area contributed by atoms with Crippen molar-refractivity contribution in [2.75, 3.05) is 31.8 Å². The first-order valence-corrected chi connectivity index (χ1v) is 6.69.